The zero-order valence-electron chi connectivity index (χ0n) is 20.2. The third-order valence-electron chi connectivity index (χ3n) is 5.31. The van der Waals surface area contributed by atoms with Gasteiger partial charge in [-0.1, -0.05) is 54.6 Å². The van der Waals surface area contributed by atoms with Gasteiger partial charge in [0.05, 0.1) is 14.2 Å². The lowest BCUT2D eigenvalue weighted by Crippen LogP contribution is -2.37. The summed E-state index contributed by atoms with van der Waals surface area (Å²) in [7, 11) is 3.01. The van der Waals surface area contributed by atoms with Gasteiger partial charge in [-0.15, -0.1) is 0 Å². The Morgan fingerprint density at radius 2 is 1.58 bits per heavy atom. The van der Waals surface area contributed by atoms with Gasteiger partial charge in [-0.3, -0.25) is 10.0 Å². The zero-order valence-corrected chi connectivity index (χ0v) is 20.2. The number of methoxy groups -OCH3 is 2. The van der Waals surface area contributed by atoms with Crippen LogP contribution >= 0.6 is 0 Å². The van der Waals surface area contributed by atoms with Gasteiger partial charge in [0.1, 0.15) is 12.4 Å². The lowest BCUT2D eigenvalue weighted by Gasteiger charge is -2.16. The van der Waals surface area contributed by atoms with E-state index in [2.05, 4.69) is 0 Å². The molecular formula is C28H29NO7. The van der Waals surface area contributed by atoms with Crippen molar-refractivity contribution in [3.63, 3.8) is 0 Å². The summed E-state index contributed by atoms with van der Waals surface area (Å²) in [6.07, 6.45) is 2.20. The largest absolute Gasteiger partial charge is 0.493 e. The minimum atomic E-state index is -1.23. The Morgan fingerprint density at radius 1 is 0.889 bits per heavy atom. The molecule has 0 fully saturated rings. The summed E-state index contributed by atoms with van der Waals surface area (Å²) in [5, 5.41) is 9.07. The van der Waals surface area contributed by atoms with E-state index in [1.54, 1.807) is 29.8 Å². The summed E-state index contributed by atoms with van der Waals surface area (Å²) in [6.45, 7) is 0.484. The molecule has 0 saturated heterocycles. The van der Waals surface area contributed by atoms with E-state index in [4.69, 9.17) is 24.2 Å². The molecule has 0 bridgehead atoms. The van der Waals surface area contributed by atoms with Gasteiger partial charge < -0.3 is 18.9 Å². The molecule has 0 spiro atoms. The molecular weight excluding hydrogens is 462 g/mol. The van der Waals surface area contributed by atoms with Gasteiger partial charge in [0.25, 0.3) is 5.91 Å². The summed E-state index contributed by atoms with van der Waals surface area (Å²) in [4.78, 5) is 24.4. The highest BCUT2D eigenvalue weighted by molar-refractivity contribution is 5.87. The predicted octanol–water partition coefficient (Wildman–Crippen LogP) is 4.04. The van der Waals surface area contributed by atoms with E-state index in [1.165, 1.54) is 20.3 Å². The van der Waals surface area contributed by atoms with Gasteiger partial charge >= 0.3 is 5.97 Å². The smallest absolute Gasteiger partial charge is 0.331 e. The minimum absolute atomic E-state index is 0.0385. The van der Waals surface area contributed by atoms with Gasteiger partial charge in [-0.2, -0.15) is 0 Å². The number of benzene rings is 3. The van der Waals surface area contributed by atoms with Crippen molar-refractivity contribution in [3.05, 3.63) is 102 Å². The highest BCUT2D eigenvalue weighted by atomic mass is 16.6. The van der Waals surface area contributed by atoms with Crippen molar-refractivity contribution in [2.24, 2.45) is 0 Å². The van der Waals surface area contributed by atoms with Crippen LogP contribution in [-0.4, -0.2) is 37.4 Å². The van der Waals surface area contributed by atoms with Gasteiger partial charge in [0.2, 0.25) is 0 Å². The van der Waals surface area contributed by atoms with Crippen LogP contribution in [0.1, 0.15) is 16.7 Å². The molecule has 0 saturated carbocycles. The number of hydroxylamine groups is 1. The Kier molecular flexibility index (Phi) is 9.90. The molecule has 1 unspecified atom stereocenters. The fourth-order valence-corrected chi connectivity index (χ4v) is 3.41. The topological polar surface area (TPSA) is 103 Å². The second-order valence-corrected chi connectivity index (χ2v) is 7.82. The standard InChI is InChI=1S/C28H29NO7/c1-33-24-16-13-22(17-25(24)34-2)18-26(28(31)29-32)36-27(30)10-6-9-20-11-14-23(15-12-20)35-19-21-7-4-3-5-8-21/h3-8,10-17,26,32H,9,18-19H2,1-2H3,(H,29,31)/b10-6+. The van der Waals surface area contributed by atoms with E-state index in [-0.39, 0.29) is 6.42 Å². The molecule has 3 rings (SSSR count). The number of esters is 1. The minimum Gasteiger partial charge on any atom is -0.493 e. The first kappa shape index (κ1) is 26.3. The van der Waals surface area contributed by atoms with Gasteiger partial charge in [-0.25, -0.2) is 10.3 Å². The number of carbonyl (C=O) groups is 2. The maximum atomic E-state index is 12.3. The summed E-state index contributed by atoms with van der Waals surface area (Å²) in [5.41, 5.74) is 4.26. The van der Waals surface area contributed by atoms with Crippen LogP contribution in [-0.2, 0) is 33.8 Å². The van der Waals surface area contributed by atoms with Crippen LogP contribution in [0.5, 0.6) is 17.2 Å². The van der Waals surface area contributed by atoms with Crippen molar-refractivity contribution in [1.82, 2.24) is 5.48 Å². The summed E-state index contributed by atoms with van der Waals surface area (Å²) < 4.78 is 21.5. The maximum Gasteiger partial charge on any atom is 0.331 e. The van der Waals surface area contributed by atoms with Crippen LogP contribution in [0.2, 0.25) is 0 Å². The second-order valence-electron chi connectivity index (χ2n) is 7.82. The fraction of sp³-hybridized carbons (Fsp3) is 0.214. The van der Waals surface area contributed by atoms with Crippen molar-refractivity contribution in [3.8, 4) is 17.2 Å². The molecule has 188 valence electrons. The number of rotatable bonds is 12. The molecule has 0 aliphatic rings. The molecule has 3 aromatic carbocycles. The fourth-order valence-electron chi connectivity index (χ4n) is 3.41. The Labute approximate surface area is 210 Å². The summed E-state index contributed by atoms with van der Waals surface area (Å²) in [6, 6.07) is 22.5. The van der Waals surface area contributed by atoms with Crippen molar-refractivity contribution in [1.29, 1.82) is 0 Å². The van der Waals surface area contributed by atoms with Crippen molar-refractivity contribution in [2.75, 3.05) is 14.2 Å². The van der Waals surface area contributed by atoms with E-state index < -0.39 is 18.0 Å². The molecule has 0 aliphatic carbocycles. The number of amides is 1. The quantitative estimate of drug-likeness (QED) is 0.171. The highest BCUT2D eigenvalue weighted by Gasteiger charge is 2.23. The lowest BCUT2D eigenvalue weighted by atomic mass is 10.1. The van der Waals surface area contributed by atoms with E-state index in [9.17, 15) is 9.59 Å². The first-order valence-electron chi connectivity index (χ1n) is 11.3. The van der Waals surface area contributed by atoms with Crippen molar-refractivity contribution < 1.29 is 33.7 Å². The number of allylic oxidation sites excluding steroid dienone is 1. The van der Waals surface area contributed by atoms with Crippen LogP contribution in [0, 0.1) is 0 Å². The number of hydrogen-bond acceptors (Lipinski definition) is 7. The summed E-state index contributed by atoms with van der Waals surface area (Å²) >= 11 is 0. The molecule has 0 radical (unpaired) electrons. The molecule has 36 heavy (non-hydrogen) atoms. The molecule has 1 atom stereocenters. The zero-order chi connectivity index (χ0) is 25.8. The second kappa shape index (κ2) is 13.6. The van der Waals surface area contributed by atoms with E-state index >= 15 is 0 Å². The van der Waals surface area contributed by atoms with Crippen LogP contribution in [0.3, 0.4) is 0 Å². The third kappa shape index (κ3) is 7.89. The molecule has 0 heterocycles. The van der Waals surface area contributed by atoms with E-state index in [0.717, 1.165) is 16.9 Å². The van der Waals surface area contributed by atoms with Crippen LogP contribution < -0.4 is 19.7 Å². The monoisotopic (exact) mass is 491 g/mol. The first-order chi connectivity index (χ1) is 17.5. The molecule has 1 amide bonds. The van der Waals surface area contributed by atoms with Gasteiger partial charge in [-0.05, 0) is 47.4 Å². The Bertz CT molecular complexity index is 1160. The maximum absolute atomic E-state index is 12.3. The molecule has 8 nitrogen and oxygen atoms in total. The van der Waals surface area contributed by atoms with Gasteiger partial charge in [0, 0.05) is 12.5 Å². The summed E-state index contributed by atoms with van der Waals surface area (Å²) in [5.74, 6) is 0.213. The first-order valence-corrected chi connectivity index (χ1v) is 11.3. The average molecular weight is 492 g/mol. The molecule has 8 heteroatoms. The molecule has 0 aromatic heterocycles. The van der Waals surface area contributed by atoms with Crippen molar-refractivity contribution >= 4 is 11.9 Å². The number of hydrogen-bond donors (Lipinski definition) is 2. The van der Waals surface area contributed by atoms with Crippen LogP contribution in [0.25, 0.3) is 0 Å². The number of carbonyl (C=O) groups excluding carboxylic acids is 2. The van der Waals surface area contributed by atoms with E-state index in [1.807, 2.05) is 54.6 Å². The number of nitrogens with one attached hydrogen (secondary N) is 1. The molecule has 0 aliphatic heterocycles. The Morgan fingerprint density at radius 3 is 2.25 bits per heavy atom. The Balaban J connectivity index is 1.53. The molecule has 3 aromatic rings. The number of ether oxygens (including phenoxy) is 4. The van der Waals surface area contributed by atoms with E-state index in [0.29, 0.717) is 30.1 Å². The SMILES string of the molecule is COc1ccc(CC(OC(=O)/C=C/Cc2ccc(OCc3ccccc3)cc2)C(=O)NO)cc1OC. The molecule has 2 N–H and O–H groups in total. The normalized spacial score (nSPS) is 11.5. The van der Waals surface area contributed by atoms with Gasteiger partial charge in [0.15, 0.2) is 17.6 Å². The van der Waals surface area contributed by atoms with Crippen LogP contribution in [0.15, 0.2) is 84.9 Å². The van der Waals surface area contributed by atoms with Crippen LogP contribution in [0.4, 0.5) is 0 Å². The highest BCUT2D eigenvalue weighted by Crippen LogP contribution is 2.28. The lowest BCUT2D eigenvalue weighted by molar-refractivity contribution is -0.155. The Hall–Kier alpha value is -4.30. The average Bonchev–Trinajstić information content (AvgIpc) is 2.92. The van der Waals surface area contributed by atoms with Crippen molar-refractivity contribution in [2.45, 2.75) is 25.6 Å². The third-order valence-corrected chi connectivity index (χ3v) is 5.31. The predicted molar refractivity (Wildman–Crippen MR) is 133 cm³/mol.